The third-order valence-electron chi connectivity index (χ3n) is 1.72. The molecule has 0 aliphatic carbocycles. The zero-order valence-electron chi connectivity index (χ0n) is 8.36. The molecule has 4 nitrogen and oxygen atoms in total. The number of ether oxygens (including phenoxy) is 1. The van der Waals surface area contributed by atoms with E-state index < -0.39 is 5.91 Å². The normalized spacial score (nSPS) is 9.57. The topological polar surface area (TPSA) is 55.6 Å². The van der Waals surface area contributed by atoms with E-state index >= 15 is 0 Å². The molecule has 0 bridgehead atoms. The van der Waals surface area contributed by atoms with Crippen molar-refractivity contribution < 1.29 is 9.53 Å². The summed E-state index contributed by atoms with van der Waals surface area (Å²) in [4.78, 5) is 12.4. The highest BCUT2D eigenvalue weighted by Crippen LogP contribution is 2.18. The first-order chi connectivity index (χ1) is 6.59. The molecule has 2 N–H and O–H groups in total. The summed E-state index contributed by atoms with van der Waals surface area (Å²) in [6, 6.07) is 7.46. The number of nitrogens with two attached hydrogens (primary N) is 1. The molecule has 0 heterocycles. The summed E-state index contributed by atoms with van der Waals surface area (Å²) in [5.41, 5.74) is 5.98. The first-order valence-electron chi connectivity index (χ1n) is 4.28. The Balaban J connectivity index is 2.68. The molecule has 0 saturated heterocycles. The van der Waals surface area contributed by atoms with Crippen molar-refractivity contribution in [2.75, 3.05) is 25.6 Å². The molecule has 0 saturated carbocycles. The smallest absolute Gasteiger partial charge is 0.255 e. The molecule has 0 atom stereocenters. The first kappa shape index (κ1) is 10.4. The number of amides is 1. The van der Waals surface area contributed by atoms with E-state index in [1.54, 1.807) is 6.07 Å². The Morgan fingerprint density at radius 3 is 2.79 bits per heavy atom. The van der Waals surface area contributed by atoms with Crippen molar-refractivity contribution in [2.24, 2.45) is 5.73 Å². The molecule has 0 unspecified atom stereocenters. The van der Waals surface area contributed by atoms with Crippen LogP contribution in [0, 0.1) is 0 Å². The van der Waals surface area contributed by atoms with Gasteiger partial charge < -0.3 is 15.4 Å². The molecule has 0 aromatic heterocycles. The lowest BCUT2D eigenvalue weighted by Crippen LogP contribution is -2.20. The van der Waals surface area contributed by atoms with Crippen molar-refractivity contribution >= 4 is 11.6 Å². The minimum atomic E-state index is -0.472. The quantitative estimate of drug-likeness (QED) is 0.764. The third-order valence-corrected chi connectivity index (χ3v) is 1.72. The Bertz CT molecular complexity index is 324. The first-order valence-corrected chi connectivity index (χ1v) is 4.28. The van der Waals surface area contributed by atoms with E-state index in [2.05, 4.69) is 0 Å². The standard InChI is InChI=1S/C10H14N2O2/c1-12(2)8-4-3-5-9(6-8)14-7-10(11)13/h3-6H,7H2,1-2H3,(H2,11,13). The fourth-order valence-corrected chi connectivity index (χ4v) is 1.01. The number of carbonyl (C=O) groups is 1. The number of nitrogens with zero attached hydrogens (tertiary/aromatic N) is 1. The Kier molecular flexibility index (Phi) is 3.34. The lowest BCUT2D eigenvalue weighted by molar-refractivity contribution is -0.119. The van der Waals surface area contributed by atoms with Crippen LogP contribution in [-0.4, -0.2) is 26.6 Å². The molecule has 0 spiro atoms. The van der Waals surface area contributed by atoms with Crippen molar-refractivity contribution in [2.45, 2.75) is 0 Å². The van der Waals surface area contributed by atoms with Crippen molar-refractivity contribution in [3.8, 4) is 5.75 Å². The summed E-state index contributed by atoms with van der Waals surface area (Å²) in [5, 5.41) is 0. The summed E-state index contributed by atoms with van der Waals surface area (Å²) >= 11 is 0. The number of rotatable bonds is 4. The molecule has 1 amide bonds. The van der Waals surface area contributed by atoms with Crippen LogP contribution in [0.3, 0.4) is 0 Å². The van der Waals surface area contributed by atoms with E-state index in [0.717, 1.165) is 5.69 Å². The molecule has 0 aliphatic rings. The van der Waals surface area contributed by atoms with Gasteiger partial charge in [-0.15, -0.1) is 0 Å². The second-order valence-electron chi connectivity index (χ2n) is 3.15. The molecular weight excluding hydrogens is 180 g/mol. The van der Waals surface area contributed by atoms with E-state index in [9.17, 15) is 4.79 Å². The molecule has 1 aromatic carbocycles. The number of carbonyl (C=O) groups excluding carboxylic acids is 1. The predicted molar refractivity (Wildman–Crippen MR) is 55.5 cm³/mol. The van der Waals surface area contributed by atoms with Gasteiger partial charge >= 0.3 is 0 Å². The van der Waals surface area contributed by atoms with Gasteiger partial charge in [-0.25, -0.2) is 0 Å². The maximum atomic E-state index is 10.5. The maximum Gasteiger partial charge on any atom is 0.255 e. The van der Waals surface area contributed by atoms with Gasteiger partial charge in [-0.2, -0.15) is 0 Å². The highest BCUT2D eigenvalue weighted by Gasteiger charge is 1.99. The molecule has 0 fully saturated rings. The average Bonchev–Trinajstić information content (AvgIpc) is 2.15. The molecule has 1 rings (SSSR count). The summed E-state index contributed by atoms with van der Waals surface area (Å²) in [7, 11) is 3.88. The number of hydrogen-bond donors (Lipinski definition) is 1. The highest BCUT2D eigenvalue weighted by molar-refractivity contribution is 5.75. The molecule has 14 heavy (non-hydrogen) atoms. The monoisotopic (exact) mass is 194 g/mol. The third kappa shape index (κ3) is 2.97. The van der Waals surface area contributed by atoms with Crippen LogP contribution in [0.2, 0.25) is 0 Å². The van der Waals surface area contributed by atoms with Gasteiger partial charge in [0.2, 0.25) is 0 Å². The van der Waals surface area contributed by atoms with Crippen LogP contribution < -0.4 is 15.4 Å². The fraction of sp³-hybridized carbons (Fsp3) is 0.300. The molecule has 4 heteroatoms. The number of hydrogen-bond acceptors (Lipinski definition) is 3. The fourth-order valence-electron chi connectivity index (χ4n) is 1.01. The minimum Gasteiger partial charge on any atom is -0.484 e. The minimum absolute atomic E-state index is 0.0864. The number of anilines is 1. The van der Waals surface area contributed by atoms with Gasteiger partial charge in [0.25, 0.3) is 5.91 Å². The van der Waals surface area contributed by atoms with E-state index in [1.165, 1.54) is 0 Å². The summed E-state index contributed by atoms with van der Waals surface area (Å²) < 4.78 is 5.16. The van der Waals surface area contributed by atoms with Crippen LogP contribution in [0.1, 0.15) is 0 Å². The van der Waals surface area contributed by atoms with Gasteiger partial charge in [-0.3, -0.25) is 4.79 Å². The van der Waals surface area contributed by atoms with Gasteiger partial charge in [0.05, 0.1) is 0 Å². The van der Waals surface area contributed by atoms with Gasteiger partial charge in [0.15, 0.2) is 6.61 Å². The lowest BCUT2D eigenvalue weighted by Gasteiger charge is -2.13. The van der Waals surface area contributed by atoms with Crippen LogP contribution in [0.25, 0.3) is 0 Å². The Labute approximate surface area is 83.3 Å². The van der Waals surface area contributed by atoms with Crippen LogP contribution in [-0.2, 0) is 4.79 Å². The summed E-state index contributed by atoms with van der Waals surface area (Å²) in [6.07, 6.45) is 0. The SMILES string of the molecule is CN(C)c1cccc(OCC(N)=O)c1. The van der Waals surface area contributed by atoms with Crippen LogP contribution in [0.15, 0.2) is 24.3 Å². The van der Waals surface area contributed by atoms with E-state index in [-0.39, 0.29) is 6.61 Å². The second-order valence-corrected chi connectivity index (χ2v) is 3.15. The zero-order chi connectivity index (χ0) is 10.6. The molecule has 0 radical (unpaired) electrons. The van der Waals surface area contributed by atoms with E-state index in [1.807, 2.05) is 37.2 Å². The van der Waals surface area contributed by atoms with Crippen LogP contribution in [0.5, 0.6) is 5.75 Å². The maximum absolute atomic E-state index is 10.5. The van der Waals surface area contributed by atoms with Crippen molar-refractivity contribution in [3.05, 3.63) is 24.3 Å². The summed E-state index contributed by atoms with van der Waals surface area (Å²) in [5.74, 6) is 0.176. The van der Waals surface area contributed by atoms with Crippen LogP contribution in [0.4, 0.5) is 5.69 Å². The Morgan fingerprint density at radius 1 is 1.50 bits per heavy atom. The van der Waals surface area contributed by atoms with Gasteiger partial charge in [0, 0.05) is 25.8 Å². The Hall–Kier alpha value is -1.71. The number of benzene rings is 1. The zero-order valence-corrected chi connectivity index (χ0v) is 8.36. The number of primary amides is 1. The van der Waals surface area contributed by atoms with Crippen LogP contribution >= 0.6 is 0 Å². The molecular formula is C10H14N2O2. The second kappa shape index (κ2) is 4.50. The van der Waals surface area contributed by atoms with Gasteiger partial charge in [-0.1, -0.05) is 6.07 Å². The molecule has 76 valence electrons. The summed E-state index contributed by atoms with van der Waals surface area (Å²) in [6.45, 7) is -0.0864. The van der Waals surface area contributed by atoms with Gasteiger partial charge in [-0.05, 0) is 12.1 Å². The lowest BCUT2D eigenvalue weighted by atomic mass is 10.3. The van der Waals surface area contributed by atoms with Crippen molar-refractivity contribution in [1.29, 1.82) is 0 Å². The largest absolute Gasteiger partial charge is 0.484 e. The highest BCUT2D eigenvalue weighted by atomic mass is 16.5. The average molecular weight is 194 g/mol. The van der Waals surface area contributed by atoms with E-state index in [0.29, 0.717) is 5.75 Å². The van der Waals surface area contributed by atoms with E-state index in [4.69, 9.17) is 10.5 Å². The van der Waals surface area contributed by atoms with Crippen molar-refractivity contribution in [1.82, 2.24) is 0 Å². The predicted octanol–water partition coefficient (Wildman–Crippen LogP) is 0.617. The Morgan fingerprint density at radius 2 is 2.21 bits per heavy atom. The molecule has 0 aliphatic heterocycles. The molecule has 1 aromatic rings. The van der Waals surface area contributed by atoms with Gasteiger partial charge in [0.1, 0.15) is 5.75 Å². The van der Waals surface area contributed by atoms with Crippen molar-refractivity contribution in [3.63, 3.8) is 0 Å².